The van der Waals surface area contributed by atoms with E-state index in [0.29, 0.717) is 17.2 Å². The van der Waals surface area contributed by atoms with Crippen LogP contribution in [-0.2, 0) is 6.42 Å². The third-order valence-corrected chi connectivity index (χ3v) is 3.74. The molecule has 0 aliphatic heterocycles. The standard InChI is InChI=1S/C17H27NO2/c1-12(2)5-4-6-13(3)7-8-14-11-15(18)9-10-16(14)17(19)20/h9-13H,4-8,18H2,1-3H3,(H,19,20). The van der Waals surface area contributed by atoms with E-state index in [0.717, 1.165) is 24.3 Å². The highest BCUT2D eigenvalue weighted by molar-refractivity contribution is 5.89. The molecular weight excluding hydrogens is 250 g/mol. The second-order valence-electron chi connectivity index (χ2n) is 6.19. The van der Waals surface area contributed by atoms with Crippen LogP contribution < -0.4 is 5.73 Å². The number of carboxylic acid groups (broad SMARTS) is 1. The molecule has 0 aliphatic rings. The van der Waals surface area contributed by atoms with Crippen LogP contribution in [0.4, 0.5) is 5.69 Å². The van der Waals surface area contributed by atoms with Crippen molar-refractivity contribution in [2.24, 2.45) is 11.8 Å². The Morgan fingerprint density at radius 2 is 1.90 bits per heavy atom. The molecule has 0 aliphatic carbocycles. The lowest BCUT2D eigenvalue weighted by Gasteiger charge is -2.13. The fraction of sp³-hybridized carbons (Fsp3) is 0.588. The summed E-state index contributed by atoms with van der Waals surface area (Å²) >= 11 is 0. The number of aromatic carboxylic acids is 1. The fourth-order valence-electron chi connectivity index (χ4n) is 2.45. The Morgan fingerprint density at radius 1 is 1.20 bits per heavy atom. The average Bonchev–Trinajstić information content (AvgIpc) is 2.35. The highest BCUT2D eigenvalue weighted by Gasteiger charge is 2.11. The molecule has 0 bridgehead atoms. The molecule has 0 fully saturated rings. The SMILES string of the molecule is CC(C)CCCC(C)CCc1cc(N)ccc1C(=O)O. The van der Waals surface area contributed by atoms with Gasteiger partial charge in [-0.25, -0.2) is 4.79 Å². The van der Waals surface area contributed by atoms with Crippen molar-refractivity contribution in [2.75, 3.05) is 5.73 Å². The number of hydrogen-bond donors (Lipinski definition) is 2. The number of nitrogens with two attached hydrogens (primary N) is 1. The molecule has 0 saturated heterocycles. The summed E-state index contributed by atoms with van der Waals surface area (Å²) in [6.07, 6.45) is 5.53. The van der Waals surface area contributed by atoms with Crippen molar-refractivity contribution in [1.29, 1.82) is 0 Å². The molecule has 112 valence electrons. The smallest absolute Gasteiger partial charge is 0.335 e. The lowest BCUT2D eigenvalue weighted by Crippen LogP contribution is -2.06. The monoisotopic (exact) mass is 277 g/mol. The number of carboxylic acids is 1. The zero-order chi connectivity index (χ0) is 15.1. The topological polar surface area (TPSA) is 63.3 Å². The summed E-state index contributed by atoms with van der Waals surface area (Å²) in [5.41, 5.74) is 7.63. The molecule has 20 heavy (non-hydrogen) atoms. The summed E-state index contributed by atoms with van der Waals surface area (Å²) in [6, 6.07) is 5.06. The first-order chi connectivity index (χ1) is 9.40. The first-order valence-electron chi connectivity index (χ1n) is 7.51. The Kier molecular flexibility index (Phi) is 6.56. The lowest BCUT2D eigenvalue weighted by molar-refractivity contribution is 0.0695. The van der Waals surface area contributed by atoms with E-state index in [-0.39, 0.29) is 0 Å². The molecule has 3 nitrogen and oxygen atoms in total. The summed E-state index contributed by atoms with van der Waals surface area (Å²) in [7, 11) is 0. The molecule has 1 atom stereocenters. The minimum atomic E-state index is -0.868. The third-order valence-electron chi connectivity index (χ3n) is 3.74. The predicted octanol–water partition coefficient (Wildman–Crippen LogP) is 4.36. The zero-order valence-corrected chi connectivity index (χ0v) is 12.9. The van der Waals surface area contributed by atoms with Crippen LogP contribution in [0.25, 0.3) is 0 Å². The Bertz CT molecular complexity index is 441. The number of hydrogen-bond acceptors (Lipinski definition) is 2. The van der Waals surface area contributed by atoms with E-state index in [9.17, 15) is 9.90 Å². The van der Waals surface area contributed by atoms with Crippen molar-refractivity contribution >= 4 is 11.7 Å². The highest BCUT2D eigenvalue weighted by Crippen LogP contribution is 2.21. The van der Waals surface area contributed by atoms with Crippen LogP contribution in [0.15, 0.2) is 18.2 Å². The van der Waals surface area contributed by atoms with Crippen LogP contribution in [0.2, 0.25) is 0 Å². The Hall–Kier alpha value is -1.51. The molecule has 3 N–H and O–H groups in total. The average molecular weight is 277 g/mol. The number of benzene rings is 1. The molecule has 0 saturated carbocycles. The number of rotatable bonds is 8. The van der Waals surface area contributed by atoms with Gasteiger partial charge in [-0.1, -0.05) is 40.0 Å². The summed E-state index contributed by atoms with van der Waals surface area (Å²) in [5, 5.41) is 9.18. The maximum Gasteiger partial charge on any atom is 0.335 e. The van der Waals surface area contributed by atoms with Gasteiger partial charge in [0.2, 0.25) is 0 Å². The molecule has 1 unspecified atom stereocenters. The number of aryl methyl sites for hydroxylation is 1. The van der Waals surface area contributed by atoms with Crippen molar-refractivity contribution in [3.05, 3.63) is 29.3 Å². The number of anilines is 1. The van der Waals surface area contributed by atoms with Crippen LogP contribution in [0, 0.1) is 11.8 Å². The van der Waals surface area contributed by atoms with Gasteiger partial charge in [-0.05, 0) is 48.4 Å². The van der Waals surface area contributed by atoms with Crippen LogP contribution in [0.3, 0.4) is 0 Å². The van der Waals surface area contributed by atoms with E-state index in [2.05, 4.69) is 20.8 Å². The van der Waals surface area contributed by atoms with Gasteiger partial charge in [0, 0.05) is 5.69 Å². The molecule has 1 aromatic carbocycles. The number of carbonyl (C=O) groups is 1. The van der Waals surface area contributed by atoms with E-state index >= 15 is 0 Å². The van der Waals surface area contributed by atoms with Crippen LogP contribution in [0.5, 0.6) is 0 Å². The fourth-order valence-corrected chi connectivity index (χ4v) is 2.45. The van der Waals surface area contributed by atoms with Gasteiger partial charge < -0.3 is 10.8 Å². The summed E-state index contributed by atoms with van der Waals surface area (Å²) < 4.78 is 0. The molecule has 3 heteroatoms. The van der Waals surface area contributed by atoms with Gasteiger partial charge in [0.15, 0.2) is 0 Å². The Balaban J connectivity index is 2.52. The van der Waals surface area contributed by atoms with Crippen molar-refractivity contribution in [1.82, 2.24) is 0 Å². The second kappa shape index (κ2) is 7.93. The van der Waals surface area contributed by atoms with E-state index in [1.807, 2.05) is 0 Å². The molecule has 0 heterocycles. The summed E-state index contributed by atoms with van der Waals surface area (Å²) in [4.78, 5) is 11.2. The maximum absolute atomic E-state index is 11.2. The van der Waals surface area contributed by atoms with Crippen molar-refractivity contribution in [2.45, 2.75) is 52.9 Å². The van der Waals surface area contributed by atoms with Gasteiger partial charge >= 0.3 is 5.97 Å². The molecule has 0 radical (unpaired) electrons. The van der Waals surface area contributed by atoms with Crippen LogP contribution in [0.1, 0.15) is 62.4 Å². The predicted molar refractivity (Wildman–Crippen MR) is 84.0 cm³/mol. The first kappa shape index (κ1) is 16.5. The van der Waals surface area contributed by atoms with E-state index in [4.69, 9.17) is 5.73 Å². The van der Waals surface area contributed by atoms with Crippen LogP contribution >= 0.6 is 0 Å². The Morgan fingerprint density at radius 3 is 2.50 bits per heavy atom. The second-order valence-corrected chi connectivity index (χ2v) is 6.19. The molecule has 0 aromatic heterocycles. The molecule has 1 rings (SSSR count). The van der Waals surface area contributed by atoms with Gasteiger partial charge in [-0.15, -0.1) is 0 Å². The number of nitrogen functional groups attached to an aromatic ring is 1. The van der Waals surface area contributed by atoms with Crippen molar-refractivity contribution < 1.29 is 9.90 Å². The first-order valence-corrected chi connectivity index (χ1v) is 7.51. The largest absolute Gasteiger partial charge is 0.478 e. The Labute approximate surface area is 122 Å². The highest BCUT2D eigenvalue weighted by atomic mass is 16.4. The van der Waals surface area contributed by atoms with E-state index in [1.165, 1.54) is 19.3 Å². The van der Waals surface area contributed by atoms with Gasteiger partial charge in [0.05, 0.1) is 5.56 Å². The van der Waals surface area contributed by atoms with Gasteiger partial charge in [0.1, 0.15) is 0 Å². The molecular formula is C17H27NO2. The summed E-state index contributed by atoms with van der Waals surface area (Å²) in [5.74, 6) is 0.513. The normalized spacial score (nSPS) is 12.6. The van der Waals surface area contributed by atoms with Crippen molar-refractivity contribution in [3.8, 4) is 0 Å². The van der Waals surface area contributed by atoms with E-state index in [1.54, 1.807) is 18.2 Å². The minimum Gasteiger partial charge on any atom is -0.478 e. The van der Waals surface area contributed by atoms with Crippen molar-refractivity contribution in [3.63, 3.8) is 0 Å². The van der Waals surface area contributed by atoms with Gasteiger partial charge in [0.25, 0.3) is 0 Å². The van der Waals surface area contributed by atoms with Gasteiger partial charge in [-0.2, -0.15) is 0 Å². The minimum absolute atomic E-state index is 0.383. The van der Waals surface area contributed by atoms with Crippen LogP contribution in [-0.4, -0.2) is 11.1 Å². The lowest BCUT2D eigenvalue weighted by atomic mass is 9.92. The summed E-state index contributed by atoms with van der Waals surface area (Å²) in [6.45, 7) is 6.74. The molecule has 0 spiro atoms. The van der Waals surface area contributed by atoms with E-state index < -0.39 is 5.97 Å². The van der Waals surface area contributed by atoms with Gasteiger partial charge in [-0.3, -0.25) is 0 Å². The molecule has 1 aromatic rings. The third kappa shape index (κ3) is 5.64. The maximum atomic E-state index is 11.2. The molecule has 0 amide bonds. The quantitative estimate of drug-likeness (QED) is 0.694. The zero-order valence-electron chi connectivity index (χ0n) is 12.9.